The molecule has 1 fully saturated rings. The van der Waals surface area contributed by atoms with E-state index in [1.54, 1.807) is 6.92 Å². The van der Waals surface area contributed by atoms with Crippen molar-refractivity contribution in [2.45, 2.75) is 19.8 Å². The van der Waals surface area contributed by atoms with E-state index in [-0.39, 0.29) is 17.0 Å². The lowest BCUT2D eigenvalue weighted by molar-refractivity contribution is 0.0598. The molecular weight excluding hydrogens is 358 g/mol. The number of benzene rings is 1. The third-order valence-corrected chi connectivity index (χ3v) is 4.78. The van der Waals surface area contributed by atoms with Gasteiger partial charge in [-0.25, -0.2) is 14.8 Å². The molecule has 142 valence electrons. The summed E-state index contributed by atoms with van der Waals surface area (Å²) in [6.45, 7) is 3.39. The lowest BCUT2D eigenvalue weighted by Crippen LogP contribution is -2.21. The van der Waals surface area contributed by atoms with Crippen molar-refractivity contribution in [3.63, 3.8) is 0 Å². The summed E-state index contributed by atoms with van der Waals surface area (Å²) in [5.41, 5.74) is 1.72. The van der Waals surface area contributed by atoms with Crippen molar-refractivity contribution >= 4 is 34.5 Å². The number of ether oxygens (including phenoxy) is 1. The Bertz CT molecular complexity index is 1090. The number of methoxy groups -OCH3 is 1. The molecule has 1 saturated heterocycles. The predicted molar refractivity (Wildman–Crippen MR) is 104 cm³/mol. The zero-order valence-corrected chi connectivity index (χ0v) is 15.7. The van der Waals surface area contributed by atoms with Crippen molar-refractivity contribution in [3.8, 4) is 6.07 Å². The Morgan fingerprint density at radius 3 is 2.57 bits per heavy atom. The van der Waals surface area contributed by atoms with Gasteiger partial charge in [0.1, 0.15) is 23.0 Å². The van der Waals surface area contributed by atoms with Crippen molar-refractivity contribution in [1.29, 1.82) is 5.26 Å². The fourth-order valence-corrected chi connectivity index (χ4v) is 3.42. The zero-order chi connectivity index (χ0) is 19.7. The minimum Gasteiger partial charge on any atom is -0.465 e. The van der Waals surface area contributed by atoms with E-state index < -0.39 is 5.97 Å². The molecule has 4 rings (SSSR count). The molecule has 0 bridgehead atoms. The molecule has 1 aliphatic heterocycles. The molecule has 28 heavy (non-hydrogen) atoms. The van der Waals surface area contributed by atoms with E-state index in [0.717, 1.165) is 37.0 Å². The normalized spacial score (nSPS) is 13.5. The molecule has 8 heteroatoms. The minimum atomic E-state index is -0.616. The molecule has 1 N–H and O–H groups in total. The highest BCUT2D eigenvalue weighted by atomic mass is 16.5. The van der Waals surface area contributed by atoms with Crippen LogP contribution in [0.1, 0.15) is 34.5 Å². The van der Waals surface area contributed by atoms with Gasteiger partial charge < -0.3 is 19.4 Å². The third kappa shape index (κ3) is 3.01. The fourth-order valence-electron chi connectivity index (χ4n) is 3.42. The molecule has 3 heterocycles. The van der Waals surface area contributed by atoms with Crippen LogP contribution in [0.4, 0.5) is 17.5 Å². The average molecular weight is 377 g/mol. The number of nitrogens with one attached hydrogen (secondary N) is 1. The van der Waals surface area contributed by atoms with Gasteiger partial charge in [0, 0.05) is 13.1 Å². The maximum Gasteiger partial charge on any atom is 0.342 e. The van der Waals surface area contributed by atoms with Crippen LogP contribution in [0, 0.1) is 18.3 Å². The number of nitrogens with zero attached hydrogens (tertiary/aromatic N) is 4. The van der Waals surface area contributed by atoms with Gasteiger partial charge in [-0.15, -0.1) is 0 Å². The number of carbonyl (C=O) groups is 1. The molecule has 1 aliphatic rings. The first kappa shape index (κ1) is 17.8. The van der Waals surface area contributed by atoms with E-state index in [4.69, 9.17) is 19.1 Å². The first-order chi connectivity index (χ1) is 13.6. The number of anilines is 3. The van der Waals surface area contributed by atoms with Crippen molar-refractivity contribution in [2.75, 3.05) is 30.4 Å². The van der Waals surface area contributed by atoms with Crippen molar-refractivity contribution in [3.05, 3.63) is 41.2 Å². The minimum absolute atomic E-state index is 0.0895. The highest BCUT2D eigenvalue weighted by Crippen LogP contribution is 2.34. The summed E-state index contributed by atoms with van der Waals surface area (Å²) in [5.74, 6) is 1.04. The van der Waals surface area contributed by atoms with E-state index in [1.807, 2.05) is 30.3 Å². The second-order valence-corrected chi connectivity index (χ2v) is 6.54. The molecule has 3 aromatic rings. The second-order valence-electron chi connectivity index (χ2n) is 6.54. The molecule has 0 amide bonds. The van der Waals surface area contributed by atoms with Crippen molar-refractivity contribution < 1.29 is 13.9 Å². The largest absolute Gasteiger partial charge is 0.465 e. The summed E-state index contributed by atoms with van der Waals surface area (Å²) in [6.07, 6.45) is 2.17. The maximum absolute atomic E-state index is 12.0. The monoisotopic (exact) mass is 377 g/mol. The first-order valence-electron chi connectivity index (χ1n) is 9.03. The topological polar surface area (TPSA) is 104 Å². The van der Waals surface area contributed by atoms with Gasteiger partial charge in [-0.05, 0) is 31.9 Å². The molecule has 0 saturated carbocycles. The Kier molecular flexibility index (Phi) is 4.57. The first-order valence-corrected chi connectivity index (χ1v) is 9.03. The van der Waals surface area contributed by atoms with Gasteiger partial charge in [0.15, 0.2) is 11.6 Å². The van der Waals surface area contributed by atoms with E-state index in [2.05, 4.69) is 10.2 Å². The van der Waals surface area contributed by atoms with Gasteiger partial charge in [0.25, 0.3) is 0 Å². The van der Waals surface area contributed by atoms with Crippen LogP contribution in [0.25, 0.3) is 11.0 Å². The molecule has 8 nitrogen and oxygen atoms in total. The maximum atomic E-state index is 12.0. The van der Waals surface area contributed by atoms with Crippen LogP contribution in [-0.4, -0.2) is 36.1 Å². The van der Waals surface area contributed by atoms with Crippen LogP contribution in [0.2, 0.25) is 0 Å². The predicted octanol–water partition coefficient (Wildman–Crippen LogP) is 3.53. The number of rotatable bonds is 4. The highest BCUT2D eigenvalue weighted by molar-refractivity contribution is 5.95. The number of para-hydroxylation sites is 2. The quantitative estimate of drug-likeness (QED) is 0.689. The second kappa shape index (κ2) is 7.19. The van der Waals surface area contributed by atoms with Crippen molar-refractivity contribution in [1.82, 2.24) is 9.97 Å². The van der Waals surface area contributed by atoms with E-state index in [1.165, 1.54) is 7.11 Å². The summed E-state index contributed by atoms with van der Waals surface area (Å²) in [6, 6.07) is 9.63. The summed E-state index contributed by atoms with van der Waals surface area (Å²) >= 11 is 0. The van der Waals surface area contributed by atoms with Gasteiger partial charge in [-0.1, -0.05) is 12.1 Å². The number of fused-ring (bicyclic) bond motifs is 1. The van der Waals surface area contributed by atoms with Crippen LogP contribution in [-0.2, 0) is 4.74 Å². The number of aromatic nitrogens is 2. The smallest absolute Gasteiger partial charge is 0.342 e. The lowest BCUT2D eigenvalue weighted by atomic mass is 10.1. The van der Waals surface area contributed by atoms with Gasteiger partial charge in [0.05, 0.1) is 18.1 Å². The Hall–Kier alpha value is -3.60. The lowest BCUT2D eigenvalue weighted by Gasteiger charge is -2.20. The van der Waals surface area contributed by atoms with E-state index >= 15 is 0 Å². The highest BCUT2D eigenvalue weighted by Gasteiger charge is 2.26. The Morgan fingerprint density at radius 1 is 1.25 bits per heavy atom. The molecule has 0 aliphatic carbocycles. The molecular formula is C20H19N5O3. The number of nitriles is 1. The van der Waals surface area contributed by atoms with Crippen LogP contribution in [0.5, 0.6) is 0 Å². The molecule has 0 unspecified atom stereocenters. The summed E-state index contributed by atoms with van der Waals surface area (Å²) in [4.78, 5) is 23.7. The zero-order valence-electron chi connectivity index (χ0n) is 15.7. The van der Waals surface area contributed by atoms with Crippen LogP contribution < -0.4 is 10.2 Å². The molecule has 0 atom stereocenters. The van der Waals surface area contributed by atoms with Crippen LogP contribution in [0.15, 0.2) is 28.7 Å². The fraction of sp³-hybridized carbons (Fsp3) is 0.300. The van der Waals surface area contributed by atoms with E-state index in [0.29, 0.717) is 17.4 Å². The van der Waals surface area contributed by atoms with Crippen LogP contribution in [0.3, 0.4) is 0 Å². The molecule has 2 aromatic heterocycles. The standard InChI is InChI=1S/C20H19N5O3/c1-12-16(20(26)27-2)13(11-21)19(28-12)24-17-18(25-9-5-6-10-25)23-15-8-4-3-7-14(15)22-17/h3-4,7-8H,5-6,9-10H2,1-2H3,(H,22,24). The summed E-state index contributed by atoms with van der Waals surface area (Å²) < 4.78 is 10.4. The number of esters is 1. The van der Waals surface area contributed by atoms with Gasteiger partial charge in [-0.3, -0.25) is 0 Å². The molecule has 0 spiro atoms. The van der Waals surface area contributed by atoms with Crippen LogP contribution >= 0.6 is 0 Å². The Labute approximate surface area is 161 Å². The number of hydrogen-bond acceptors (Lipinski definition) is 8. The van der Waals surface area contributed by atoms with Gasteiger partial charge in [-0.2, -0.15) is 5.26 Å². The summed E-state index contributed by atoms with van der Waals surface area (Å²) in [5, 5.41) is 12.7. The number of hydrogen-bond donors (Lipinski definition) is 1. The SMILES string of the molecule is COC(=O)c1c(C)oc(Nc2nc3ccccc3nc2N2CCCC2)c1C#N. The van der Waals surface area contributed by atoms with Gasteiger partial charge in [0.2, 0.25) is 5.88 Å². The third-order valence-electron chi connectivity index (χ3n) is 4.78. The Morgan fingerprint density at radius 2 is 1.93 bits per heavy atom. The number of carbonyl (C=O) groups excluding carboxylic acids is 1. The molecule has 0 radical (unpaired) electrons. The number of furan rings is 1. The van der Waals surface area contributed by atoms with Crippen molar-refractivity contribution in [2.24, 2.45) is 0 Å². The Balaban J connectivity index is 1.82. The molecule has 1 aromatic carbocycles. The number of aryl methyl sites for hydroxylation is 1. The average Bonchev–Trinajstić information content (AvgIpc) is 3.34. The van der Waals surface area contributed by atoms with E-state index in [9.17, 15) is 10.1 Å². The summed E-state index contributed by atoms with van der Waals surface area (Å²) in [7, 11) is 1.27. The van der Waals surface area contributed by atoms with Gasteiger partial charge >= 0.3 is 5.97 Å².